The Balaban J connectivity index is 1.30. The van der Waals surface area contributed by atoms with E-state index in [-0.39, 0.29) is 11.7 Å². The Morgan fingerprint density at radius 2 is 1.93 bits per heavy atom. The zero-order valence-corrected chi connectivity index (χ0v) is 16.5. The van der Waals surface area contributed by atoms with Gasteiger partial charge in [0.2, 0.25) is 11.7 Å². The molecule has 3 aromatic rings. The minimum absolute atomic E-state index is 0.143. The monoisotopic (exact) mass is 403 g/mol. The smallest absolute Gasteiger partial charge is 0.230 e. The summed E-state index contributed by atoms with van der Waals surface area (Å²) in [4.78, 5) is 7.14. The molecular weight excluding hydrogens is 382 g/mol. The molecule has 3 heterocycles. The van der Waals surface area contributed by atoms with Crippen molar-refractivity contribution < 1.29 is 12.9 Å². The Hall–Kier alpha value is -2.03. The van der Waals surface area contributed by atoms with Crippen LogP contribution in [0.2, 0.25) is 0 Å². The maximum atomic E-state index is 12.4. The Morgan fingerprint density at radius 3 is 2.63 bits per heavy atom. The molecule has 6 nitrogen and oxygen atoms in total. The molecule has 1 aromatic carbocycles. The second kappa shape index (κ2) is 7.92. The van der Waals surface area contributed by atoms with Crippen molar-refractivity contribution in [2.75, 3.05) is 25.4 Å². The molecule has 0 unspecified atom stereocenters. The van der Waals surface area contributed by atoms with Crippen molar-refractivity contribution >= 4 is 21.2 Å². The van der Waals surface area contributed by atoms with Crippen LogP contribution in [0.25, 0.3) is 11.4 Å². The van der Waals surface area contributed by atoms with Crippen molar-refractivity contribution in [1.29, 1.82) is 0 Å². The molecule has 1 aliphatic heterocycles. The molecule has 0 atom stereocenters. The van der Waals surface area contributed by atoms with E-state index in [0.717, 1.165) is 31.5 Å². The molecule has 142 valence electrons. The van der Waals surface area contributed by atoms with Crippen LogP contribution in [-0.2, 0) is 9.84 Å². The first-order chi connectivity index (χ1) is 13.1. The quantitative estimate of drug-likeness (QED) is 0.627. The maximum Gasteiger partial charge on any atom is 0.230 e. The molecule has 0 N–H and O–H groups in total. The number of hydrogen-bond acceptors (Lipinski definition) is 7. The van der Waals surface area contributed by atoms with Crippen LogP contribution in [0, 0.1) is 0 Å². The number of nitrogens with zero attached hydrogens (tertiary/aromatic N) is 3. The van der Waals surface area contributed by atoms with Gasteiger partial charge in [0.25, 0.3) is 0 Å². The van der Waals surface area contributed by atoms with Crippen molar-refractivity contribution in [3.8, 4) is 11.4 Å². The van der Waals surface area contributed by atoms with Crippen LogP contribution in [0.4, 0.5) is 0 Å². The number of likely N-dealkylation sites (tertiary alicyclic amines) is 1. The van der Waals surface area contributed by atoms with E-state index in [9.17, 15) is 8.42 Å². The van der Waals surface area contributed by atoms with Gasteiger partial charge in [0.15, 0.2) is 9.84 Å². The molecule has 1 aliphatic rings. The molecule has 8 heteroatoms. The highest BCUT2D eigenvalue weighted by Gasteiger charge is 2.26. The first kappa shape index (κ1) is 18.3. The molecule has 0 spiro atoms. The molecule has 0 saturated carbocycles. The average Bonchev–Trinajstić information content (AvgIpc) is 3.39. The van der Waals surface area contributed by atoms with Gasteiger partial charge in [-0.3, -0.25) is 0 Å². The van der Waals surface area contributed by atoms with Crippen LogP contribution < -0.4 is 0 Å². The van der Waals surface area contributed by atoms with E-state index in [1.807, 2.05) is 22.9 Å². The molecule has 2 aromatic heterocycles. The Bertz CT molecular complexity index is 961. The second-order valence-electron chi connectivity index (χ2n) is 6.72. The van der Waals surface area contributed by atoms with Crippen molar-refractivity contribution in [2.45, 2.75) is 23.7 Å². The number of benzene rings is 1. The Morgan fingerprint density at radius 1 is 1.15 bits per heavy atom. The highest BCUT2D eigenvalue weighted by Crippen LogP contribution is 2.29. The predicted octanol–water partition coefficient (Wildman–Crippen LogP) is 3.45. The third-order valence-corrected chi connectivity index (χ3v) is 7.33. The van der Waals surface area contributed by atoms with Gasteiger partial charge >= 0.3 is 0 Å². The van der Waals surface area contributed by atoms with Crippen molar-refractivity contribution in [2.24, 2.45) is 0 Å². The molecule has 0 aliphatic carbocycles. The largest absolute Gasteiger partial charge is 0.339 e. The van der Waals surface area contributed by atoms with E-state index < -0.39 is 9.84 Å². The fourth-order valence-corrected chi connectivity index (χ4v) is 5.25. The van der Waals surface area contributed by atoms with Crippen LogP contribution in [0.5, 0.6) is 0 Å². The van der Waals surface area contributed by atoms with E-state index >= 15 is 0 Å². The number of piperidine rings is 1. The lowest BCUT2D eigenvalue weighted by molar-refractivity contribution is 0.203. The highest BCUT2D eigenvalue weighted by atomic mass is 32.2. The van der Waals surface area contributed by atoms with Gasteiger partial charge in [-0.05, 0) is 49.5 Å². The van der Waals surface area contributed by atoms with E-state index in [1.54, 1.807) is 35.6 Å². The fourth-order valence-electron chi connectivity index (χ4n) is 3.31. The lowest BCUT2D eigenvalue weighted by Crippen LogP contribution is -2.36. The number of hydrogen-bond donors (Lipinski definition) is 0. The third-order valence-electron chi connectivity index (χ3n) is 4.94. The Kier molecular flexibility index (Phi) is 5.38. The molecule has 4 rings (SSSR count). The summed E-state index contributed by atoms with van der Waals surface area (Å²) in [6.45, 7) is 2.23. The fraction of sp³-hybridized carbons (Fsp3) is 0.368. The number of sulfone groups is 1. The minimum Gasteiger partial charge on any atom is -0.339 e. The van der Waals surface area contributed by atoms with Gasteiger partial charge in [-0.1, -0.05) is 23.4 Å². The number of aromatic nitrogens is 2. The summed E-state index contributed by atoms with van der Waals surface area (Å²) in [6.07, 6.45) is 1.80. The van der Waals surface area contributed by atoms with E-state index in [4.69, 9.17) is 4.52 Å². The minimum atomic E-state index is -3.23. The van der Waals surface area contributed by atoms with Crippen molar-refractivity contribution in [3.05, 3.63) is 53.0 Å². The highest BCUT2D eigenvalue weighted by molar-refractivity contribution is 7.91. The van der Waals surface area contributed by atoms with Crippen LogP contribution in [0.1, 0.15) is 24.7 Å². The SMILES string of the molecule is O=S(=O)(CCN1CCC(c2nc(-c3ccsc3)no2)CC1)c1ccccc1. The molecule has 0 radical (unpaired) electrons. The lowest BCUT2D eigenvalue weighted by Gasteiger charge is -2.30. The van der Waals surface area contributed by atoms with Gasteiger partial charge in [0.05, 0.1) is 10.6 Å². The molecule has 0 bridgehead atoms. The predicted molar refractivity (Wildman–Crippen MR) is 105 cm³/mol. The molecule has 1 fully saturated rings. The third kappa shape index (κ3) is 4.28. The normalized spacial score (nSPS) is 16.6. The van der Waals surface area contributed by atoms with E-state index in [2.05, 4.69) is 15.0 Å². The molecule has 0 amide bonds. The van der Waals surface area contributed by atoms with Crippen molar-refractivity contribution in [3.63, 3.8) is 0 Å². The number of rotatable bonds is 6. The molecule has 1 saturated heterocycles. The van der Waals surface area contributed by atoms with Gasteiger partial charge < -0.3 is 9.42 Å². The molecular formula is C19H21N3O3S2. The van der Waals surface area contributed by atoms with Gasteiger partial charge in [0, 0.05) is 23.4 Å². The van der Waals surface area contributed by atoms with Gasteiger partial charge in [-0.2, -0.15) is 16.3 Å². The van der Waals surface area contributed by atoms with Gasteiger partial charge in [-0.15, -0.1) is 0 Å². The van der Waals surface area contributed by atoms with Crippen LogP contribution in [-0.4, -0.2) is 48.8 Å². The summed E-state index contributed by atoms with van der Waals surface area (Å²) in [6, 6.07) is 10.6. The first-order valence-electron chi connectivity index (χ1n) is 8.98. The lowest BCUT2D eigenvalue weighted by atomic mass is 9.97. The zero-order chi connectivity index (χ0) is 18.7. The van der Waals surface area contributed by atoms with Gasteiger partial charge in [-0.25, -0.2) is 8.42 Å². The molecule has 27 heavy (non-hydrogen) atoms. The van der Waals surface area contributed by atoms with E-state index in [1.165, 1.54) is 0 Å². The maximum absolute atomic E-state index is 12.4. The summed E-state index contributed by atoms with van der Waals surface area (Å²) in [7, 11) is -3.23. The second-order valence-corrected chi connectivity index (χ2v) is 9.61. The van der Waals surface area contributed by atoms with E-state index in [0.29, 0.717) is 23.2 Å². The topological polar surface area (TPSA) is 76.3 Å². The standard InChI is InChI=1S/C19H21N3O3S2/c23-27(24,17-4-2-1-3-5-17)13-11-22-9-6-15(7-10-22)19-20-18(21-25-19)16-8-12-26-14-16/h1-5,8,12,14-15H,6-7,9-11,13H2. The summed E-state index contributed by atoms with van der Waals surface area (Å²) >= 11 is 1.61. The van der Waals surface area contributed by atoms with Crippen LogP contribution in [0.3, 0.4) is 0 Å². The summed E-state index contributed by atoms with van der Waals surface area (Å²) in [5, 5.41) is 8.08. The van der Waals surface area contributed by atoms with Crippen LogP contribution >= 0.6 is 11.3 Å². The average molecular weight is 404 g/mol. The summed E-state index contributed by atoms with van der Waals surface area (Å²) in [5.41, 5.74) is 0.985. The van der Waals surface area contributed by atoms with Crippen molar-refractivity contribution in [1.82, 2.24) is 15.0 Å². The first-order valence-corrected chi connectivity index (χ1v) is 11.6. The van der Waals surface area contributed by atoms with Crippen LogP contribution in [0.15, 0.2) is 56.6 Å². The Labute approximate surface area is 162 Å². The van der Waals surface area contributed by atoms with Gasteiger partial charge in [0.1, 0.15) is 0 Å². The number of thiophene rings is 1. The zero-order valence-electron chi connectivity index (χ0n) is 14.8. The summed E-state index contributed by atoms with van der Waals surface area (Å²) in [5.74, 6) is 1.71. The summed E-state index contributed by atoms with van der Waals surface area (Å²) < 4.78 is 30.3.